The molecule has 1 aliphatic heterocycles. The van der Waals surface area contributed by atoms with Crippen LogP contribution in [0.2, 0.25) is 5.02 Å². The molecule has 0 radical (unpaired) electrons. The maximum atomic E-state index is 11.2. The maximum absolute atomic E-state index is 11.2. The zero-order valence-electron chi connectivity index (χ0n) is 11.0. The van der Waals surface area contributed by atoms with Gasteiger partial charge in [-0.1, -0.05) is 11.6 Å². The van der Waals surface area contributed by atoms with Crippen LogP contribution in [0.1, 0.15) is 18.9 Å². The van der Waals surface area contributed by atoms with Crippen molar-refractivity contribution in [2.24, 2.45) is 5.41 Å². The van der Waals surface area contributed by atoms with Crippen molar-refractivity contribution in [3.05, 3.63) is 38.9 Å². The second-order valence-electron chi connectivity index (χ2n) is 5.36. The molecule has 1 N–H and O–H groups in total. The zero-order chi connectivity index (χ0) is 14.9. The second-order valence-corrected chi connectivity index (χ2v) is 5.79. The van der Waals surface area contributed by atoms with E-state index in [1.165, 1.54) is 6.07 Å². The highest BCUT2D eigenvalue weighted by atomic mass is 35.5. The first-order chi connectivity index (χ1) is 9.32. The molecular formula is C13H15ClN2O4. The van der Waals surface area contributed by atoms with Crippen LogP contribution in [-0.2, 0) is 11.3 Å². The quantitative estimate of drug-likeness (QED) is 0.682. The first kappa shape index (κ1) is 14.7. The summed E-state index contributed by atoms with van der Waals surface area (Å²) in [6.07, 6.45) is 0.545. The lowest BCUT2D eigenvalue weighted by Crippen LogP contribution is -2.31. The van der Waals surface area contributed by atoms with Gasteiger partial charge in [0.05, 0.1) is 10.3 Å². The lowest BCUT2D eigenvalue weighted by molar-refractivity contribution is -0.385. The number of nitro groups is 1. The Bertz CT molecular complexity index is 563. The molecule has 7 heteroatoms. The largest absolute Gasteiger partial charge is 0.481 e. The van der Waals surface area contributed by atoms with Crippen LogP contribution in [0.15, 0.2) is 18.2 Å². The van der Waals surface area contributed by atoms with Gasteiger partial charge in [0.1, 0.15) is 0 Å². The van der Waals surface area contributed by atoms with Crippen LogP contribution in [-0.4, -0.2) is 34.0 Å². The Hall–Kier alpha value is -1.66. The maximum Gasteiger partial charge on any atom is 0.310 e. The molecule has 0 saturated carbocycles. The standard InChI is InChI=1S/C13H15ClN2O4/c1-13(12(17)18)4-5-15(8-13)7-9-2-3-10(14)6-11(9)16(19)20/h2-3,6H,4-5,7-8H2,1H3,(H,17,18). The summed E-state index contributed by atoms with van der Waals surface area (Å²) in [5, 5.41) is 20.5. The summed E-state index contributed by atoms with van der Waals surface area (Å²) in [6, 6.07) is 4.55. The van der Waals surface area contributed by atoms with Gasteiger partial charge < -0.3 is 5.11 Å². The normalized spacial score (nSPS) is 22.9. The molecule has 2 rings (SSSR count). The number of carbonyl (C=O) groups is 1. The summed E-state index contributed by atoms with van der Waals surface area (Å²) >= 11 is 5.77. The number of carboxylic acid groups (broad SMARTS) is 1. The third-order valence-electron chi connectivity index (χ3n) is 3.71. The SMILES string of the molecule is CC1(C(=O)O)CCN(Cc2ccc(Cl)cc2[N+](=O)[O-])C1. The molecule has 1 aliphatic rings. The van der Waals surface area contributed by atoms with Crippen molar-refractivity contribution >= 4 is 23.3 Å². The van der Waals surface area contributed by atoms with Crippen LogP contribution in [0, 0.1) is 15.5 Å². The van der Waals surface area contributed by atoms with Crippen molar-refractivity contribution in [3.63, 3.8) is 0 Å². The van der Waals surface area contributed by atoms with Crippen molar-refractivity contribution in [2.75, 3.05) is 13.1 Å². The average Bonchev–Trinajstić information content (AvgIpc) is 2.74. The Morgan fingerprint density at radius 2 is 2.30 bits per heavy atom. The van der Waals surface area contributed by atoms with Gasteiger partial charge in [-0.25, -0.2) is 0 Å². The molecule has 0 aliphatic carbocycles. The summed E-state index contributed by atoms with van der Waals surface area (Å²) in [7, 11) is 0. The van der Waals surface area contributed by atoms with E-state index in [1.807, 2.05) is 4.90 Å². The van der Waals surface area contributed by atoms with E-state index in [2.05, 4.69) is 0 Å². The average molecular weight is 299 g/mol. The molecular weight excluding hydrogens is 284 g/mol. The number of rotatable bonds is 4. The molecule has 1 unspecified atom stereocenters. The van der Waals surface area contributed by atoms with Gasteiger partial charge in [-0.3, -0.25) is 19.8 Å². The van der Waals surface area contributed by atoms with Gasteiger partial charge in [0.15, 0.2) is 0 Å². The minimum absolute atomic E-state index is 0.0265. The molecule has 0 bridgehead atoms. The van der Waals surface area contributed by atoms with Gasteiger partial charge >= 0.3 is 5.97 Å². The van der Waals surface area contributed by atoms with Gasteiger partial charge in [-0.2, -0.15) is 0 Å². The van der Waals surface area contributed by atoms with Crippen molar-refractivity contribution in [2.45, 2.75) is 19.9 Å². The number of aliphatic carboxylic acids is 1. The first-order valence-electron chi connectivity index (χ1n) is 6.20. The van der Waals surface area contributed by atoms with Gasteiger partial charge in [0.2, 0.25) is 0 Å². The van der Waals surface area contributed by atoms with Gasteiger partial charge in [0, 0.05) is 29.7 Å². The Balaban J connectivity index is 2.16. The Labute approximate surface area is 121 Å². The third-order valence-corrected chi connectivity index (χ3v) is 3.94. The van der Waals surface area contributed by atoms with Crippen LogP contribution in [0.25, 0.3) is 0 Å². The molecule has 1 atom stereocenters. The number of nitrogens with zero attached hydrogens (tertiary/aromatic N) is 2. The van der Waals surface area contributed by atoms with Crippen molar-refractivity contribution in [1.82, 2.24) is 4.90 Å². The first-order valence-corrected chi connectivity index (χ1v) is 6.58. The Kier molecular flexibility index (Phi) is 3.96. The fourth-order valence-corrected chi connectivity index (χ4v) is 2.61. The van der Waals surface area contributed by atoms with Gasteiger partial charge in [-0.15, -0.1) is 0 Å². The van der Waals surface area contributed by atoms with E-state index in [1.54, 1.807) is 19.1 Å². The smallest absolute Gasteiger partial charge is 0.310 e. The van der Waals surface area contributed by atoms with E-state index in [4.69, 9.17) is 11.6 Å². The van der Waals surface area contributed by atoms with E-state index in [0.717, 1.165) is 0 Å². The molecule has 1 aromatic rings. The summed E-state index contributed by atoms with van der Waals surface area (Å²) in [4.78, 5) is 23.7. The Morgan fingerprint density at radius 1 is 1.60 bits per heavy atom. The lowest BCUT2D eigenvalue weighted by atomic mass is 9.90. The number of likely N-dealkylation sites (tertiary alicyclic amines) is 1. The molecule has 1 heterocycles. The predicted octanol–water partition coefficient (Wildman–Crippen LogP) is 2.54. The van der Waals surface area contributed by atoms with Crippen LogP contribution in [0.4, 0.5) is 5.69 Å². The Morgan fingerprint density at radius 3 is 2.85 bits per heavy atom. The van der Waals surface area contributed by atoms with Crippen LogP contribution >= 0.6 is 11.6 Å². The van der Waals surface area contributed by atoms with Crippen LogP contribution < -0.4 is 0 Å². The number of nitro benzene ring substituents is 1. The van der Waals surface area contributed by atoms with E-state index in [-0.39, 0.29) is 5.69 Å². The molecule has 0 spiro atoms. The highest BCUT2D eigenvalue weighted by Gasteiger charge is 2.40. The molecule has 20 heavy (non-hydrogen) atoms. The summed E-state index contributed by atoms with van der Waals surface area (Å²) in [5.74, 6) is -0.828. The minimum Gasteiger partial charge on any atom is -0.481 e. The molecule has 108 valence electrons. The summed E-state index contributed by atoms with van der Waals surface area (Å²) in [5.41, 5.74) is -0.253. The monoisotopic (exact) mass is 298 g/mol. The highest BCUT2D eigenvalue weighted by Crippen LogP contribution is 2.32. The fourth-order valence-electron chi connectivity index (χ4n) is 2.45. The minimum atomic E-state index is -0.828. The van der Waals surface area contributed by atoms with Crippen LogP contribution in [0.5, 0.6) is 0 Å². The van der Waals surface area contributed by atoms with E-state index < -0.39 is 16.3 Å². The van der Waals surface area contributed by atoms with Crippen molar-refractivity contribution in [3.8, 4) is 0 Å². The topological polar surface area (TPSA) is 83.7 Å². The number of halogens is 1. The van der Waals surface area contributed by atoms with E-state index in [9.17, 15) is 20.0 Å². The van der Waals surface area contributed by atoms with Gasteiger partial charge in [-0.05, 0) is 32.0 Å². The number of hydrogen-bond donors (Lipinski definition) is 1. The van der Waals surface area contributed by atoms with E-state index >= 15 is 0 Å². The highest BCUT2D eigenvalue weighted by molar-refractivity contribution is 6.30. The third kappa shape index (κ3) is 2.91. The number of carboxylic acids is 1. The van der Waals surface area contributed by atoms with Crippen molar-refractivity contribution in [1.29, 1.82) is 0 Å². The number of benzene rings is 1. The summed E-state index contributed by atoms with van der Waals surface area (Å²) in [6.45, 7) is 3.06. The van der Waals surface area contributed by atoms with Crippen molar-refractivity contribution < 1.29 is 14.8 Å². The molecule has 1 aromatic carbocycles. The van der Waals surface area contributed by atoms with Gasteiger partial charge in [0.25, 0.3) is 5.69 Å². The van der Waals surface area contributed by atoms with E-state index in [0.29, 0.717) is 36.6 Å². The zero-order valence-corrected chi connectivity index (χ0v) is 11.8. The predicted molar refractivity (Wildman–Crippen MR) is 73.7 cm³/mol. The molecule has 1 fully saturated rings. The molecule has 6 nitrogen and oxygen atoms in total. The fraction of sp³-hybridized carbons (Fsp3) is 0.462. The molecule has 1 saturated heterocycles. The van der Waals surface area contributed by atoms with Crippen LogP contribution in [0.3, 0.4) is 0 Å². The molecule has 0 amide bonds. The summed E-state index contributed by atoms with van der Waals surface area (Å²) < 4.78 is 0. The number of hydrogen-bond acceptors (Lipinski definition) is 4. The lowest BCUT2D eigenvalue weighted by Gasteiger charge is -2.20. The molecule has 0 aromatic heterocycles. The second kappa shape index (κ2) is 5.38.